The van der Waals surface area contributed by atoms with E-state index in [0.29, 0.717) is 5.01 Å². The second kappa shape index (κ2) is 5.66. The maximum atomic E-state index is 13.9. The molecule has 0 aliphatic rings. The number of nitrogens with zero attached hydrogens (tertiary/aromatic N) is 1. The van der Waals surface area contributed by atoms with E-state index in [1.165, 1.54) is 29.5 Å². The number of rotatable bonds is 2. The fraction of sp³-hybridized carbons (Fsp3) is 0.0625. The monoisotopic (exact) mass is 365 g/mol. The predicted octanol–water partition coefficient (Wildman–Crippen LogP) is 5.83. The first kappa shape index (κ1) is 14.4. The van der Waals surface area contributed by atoms with Gasteiger partial charge in [-0.1, -0.05) is 34.1 Å². The van der Waals surface area contributed by atoms with E-state index < -0.39 is 11.6 Å². The highest BCUT2D eigenvalue weighted by molar-refractivity contribution is 9.10. The van der Waals surface area contributed by atoms with Gasteiger partial charge in [0, 0.05) is 14.9 Å². The molecule has 0 bridgehead atoms. The molecule has 0 aliphatic heterocycles. The highest BCUT2D eigenvalue weighted by atomic mass is 79.9. The van der Waals surface area contributed by atoms with E-state index in [-0.39, 0.29) is 5.56 Å². The normalized spacial score (nSPS) is 10.9. The van der Waals surface area contributed by atoms with Crippen LogP contribution in [0.2, 0.25) is 0 Å². The standard InChI is InChI=1S/C16H10BrF2NS/c1-9-15(10-5-7-11(17)8-6-10)20-16(21-9)14-12(18)3-2-4-13(14)19/h2-8H,1H3. The van der Waals surface area contributed by atoms with Crippen LogP contribution in [0.15, 0.2) is 46.9 Å². The van der Waals surface area contributed by atoms with Gasteiger partial charge in [0.1, 0.15) is 16.6 Å². The van der Waals surface area contributed by atoms with Crippen molar-refractivity contribution in [3.63, 3.8) is 0 Å². The molecule has 0 spiro atoms. The fourth-order valence-electron chi connectivity index (χ4n) is 2.08. The molecule has 0 atom stereocenters. The minimum absolute atomic E-state index is 0.0611. The molecular formula is C16H10BrF2NS. The van der Waals surface area contributed by atoms with Crippen molar-refractivity contribution in [2.24, 2.45) is 0 Å². The molecule has 5 heteroatoms. The molecule has 21 heavy (non-hydrogen) atoms. The molecule has 106 valence electrons. The summed E-state index contributed by atoms with van der Waals surface area (Å²) in [5.74, 6) is -1.18. The Hall–Kier alpha value is -1.59. The van der Waals surface area contributed by atoms with E-state index in [4.69, 9.17) is 0 Å². The molecule has 1 aromatic heterocycles. The van der Waals surface area contributed by atoms with Crippen LogP contribution in [-0.4, -0.2) is 4.98 Å². The largest absolute Gasteiger partial charge is 0.236 e. The molecule has 0 unspecified atom stereocenters. The van der Waals surface area contributed by atoms with Crippen LogP contribution in [-0.2, 0) is 0 Å². The molecule has 0 saturated heterocycles. The lowest BCUT2D eigenvalue weighted by atomic mass is 10.1. The zero-order valence-electron chi connectivity index (χ0n) is 11.0. The quantitative estimate of drug-likeness (QED) is 0.556. The van der Waals surface area contributed by atoms with Crippen molar-refractivity contribution in [3.8, 4) is 21.8 Å². The minimum Gasteiger partial charge on any atom is -0.236 e. The molecule has 2 aromatic carbocycles. The highest BCUT2D eigenvalue weighted by Gasteiger charge is 2.17. The van der Waals surface area contributed by atoms with Crippen molar-refractivity contribution < 1.29 is 8.78 Å². The number of benzene rings is 2. The van der Waals surface area contributed by atoms with Gasteiger partial charge in [-0.3, -0.25) is 0 Å². The van der Waals surface area contributed by atoms with E-state index in [9.17, 15) is 8.78 Å². The topological polar surface area (TPSA) is 12.9 Å². The Morgan fingerprint density at radius 1 is 1.00 bits per heavy atom. The molecule has 3 rings (SSSR count). The first-order valence-electron chi connectivity index (χ1n) is 6.24. The van der Waals surface area contributed by atoms with Gasteiger partial charge in [0.15, 0.2) is 0 Å². The van der Waals surface area contributed by atoms with E-state index in [2.05, 4.69) is 20.9 Å². The summed E-state index contributed by atoms with van der Waals surface area (Å²) in [6.45, 7) is 1.90. The van der Waals surface area contributed by atoms with E-state index in [0.717, 1.165) is 20.6 Å². The van der Waals surface area contributed by atoms with Crippen molar-refractivity contribution in [1.82, 2.24) is 4.98 Å². The molecule has 0 radical (unpaired) electrons. The van der Waals surface area contributed by atoms with Crippen LogP contribution < -0.4 is 0 Å². The Labute approximate surface area is 133 Å². The third kappa shape index (κ3) is 2.76. The van der Waals surface area contributed by atoms with Crippen LogP contribution in [0.25, 0.3) is 21.8 Å². The molecule has 1 nitrogen and oxygen atoms in total. The van der Waals surface area contributed by atoms with Crippen LogP contribution in [0.1, 0.15) is 4.88 Å². The number of aryl methyl sites for hydroxylation is 1. The summed E-state index contributed by atoms with van der Waals surface area (Å²) < 4.78 is 28.7. The summed E-state index contributed by atoms with van der Waals surface area (Å²) in [4.78, 5) is 5.35. The van der Waals surface area contributed by atoms with Crippen molar-refractivity contribution >= 4 is 27.3 Å². The molecular weight excluding hydrogens is 356 g/mol. The first-order chi connectivity index (χ1) is 10.1. The van der Waals surface area contributed by atoms with Gasteiger partial charge in [-0.15, -0.1) is 11.3 Å². The van der Waals surface area contributed by atoms with Crippen LogP contribution in [0.5, 0.6) is 0 Å². The van der Waals surface area contributed by atoms with Crippen LogP contribution in [0.3, 0.4) is 0 Å². The lowest BCUT2D eigenvalue weighted by molar-refractivity contribution is 0.589. The Morgan fingerprint density at radius 2 is 1.62 bits per heavy atom. The van der Waals surface area contributed by atoms with E-state index in [1.807, 2.05) is 31.2 Å². The molecule has 0 amide bonds. The zero-order valence-corrected chi connectivity index (χ0v) is 13.4. The number of halogens is 3. The van der Waals surface area contributed by atoms with E-state index in [1.54, 1.807) is 0 Å². The zero-order chi connectivity index (χ0) is 15.0. The number of hydrogen-bond acceptors (Lipinski definition) is 2. The predicted molar refractivity (Wildman–Crippen MR) is 85.3 cm³/mol. The maximum absolute atomic E-state index is 13.9. The molecule has 0 aliphatic carbocycles. The molecule has 3 aromatic rings. The second-order valence-electron chi connectivity index (χ2n) is 4.53. The number of aromatic nitrogens is 1. The second-order valence-corrected chi connectivity index (χ2v) is 6.65. The van der Waals surface area contributed by atoms with Crippen molar-refractivity contribution in [1.29, 1.82) is 0 Å². The summed E-state index contributed by atoms with van der Waals surface area (Å²) in [6.07, 6.45) is 0. The summed E-state index contributed by atoms with van der Waals surface area (Å²) in [5.41, 5.74) is 1.62. The lowest BCUT2D eigenvalue weighted by Crippen LogP contribution is -1.89. The SMILES string of the molecule is Cc1sc(-c2c(F)cccc2F)nc1-c1ccc(Br)cc1. The van der Waals surface area contributed by atoms with E-state index >= 15 is 0 Å². The molecule has 0 saturated carbocycles. The average molecular weight is 366 g/mol. The number of hydrogen-bond donors (Lipinski definition) is 0. The average Bonchev–Trinajstić information content (AvgIpc) is 2.81. The summed E-state index contributed by atoms with van der Waals surface area (Å²) >= 11 is 4.67. The van der Waals surface area contributed by atoms with Crippen molar-refractivity contribution in [3.05, 3.63) is 63.4 Å². The molecule has 1 heterocycles. The highest BCUT2D eigenvalue weighted by Crippen LogP contribution is 2.35. The van der Waals surface area contributed by atoms with Crippen LogP contribution in [0.4, 0.5) is 8.78 Å². The van der Waals surface area contributed by atoms with Gasteiger partial charge in [-0.25, -0.2) is 13.8 Å². The van der Waals surface area contributed by atoms with Gasteiger partial charge < -0.3 is 0 Å². The Balaban J connectivity index is 2.12. The molecule has 0 N–H and O–H groups in total. The fourth-order valence-corrected chi connectivity index (χ4v) is 3.33. The van der Waals surface area contributed by atoms with Crippen molar-refractivity contribution in [2.45, 2.75) is 6.92 Å². The Kier molecular flexibility index (Phi) is 3.87. The van der Waals surface area contributed by atoms with Gasteiger partial charge in [0.2, 0.25) is 0 Å². The summed E-state index contributed by atoms with van der Waals surface area (Å²) in [7, 11) is 0. The van der Waals surface area contributed by atoms with Gasteiger partial charge in [-0.05, 0) is 31.2 Å². The maximum Gasteiger partial charge on any atom is 0.136 e. The lowest BCUT2D eigenvalue weighted by Gasteiger charge is -2.00. The molecule has 0 fully saturated rings. The third-order valence-electron chi connectivity index (χ3n) is 3.09. The van der Waals surface area contributed by atoms with Gasteiger partial charge in [0.25, 0.3) is 0 Å². The summed E-state index contributed by atoms with van der Waals surface area (Å²) in [6, 6.07) is 11.5. The first-order valence-corrected chi connectivity index (χ1v) is 7.85. The number of thiazole rings is 1. The van der Waals surface area contributed by atoms with Crippen LogP contribution in [0, 0.1) is 18.6 Å². The van der Waals surface area contributed by atoms with Gasteiger partial charge >= 0.3 is 0 Å². The van der Waals surface area contributed by atoms with Gasteiger partial charge in [0.05, 0.1) is 11.3 Å². The summed E-state index contributed by atoms with van der Waals surface area (Å²) in [5, 5.41) is 0.362. The Morgan fingerprint density at radius 3 is 2.24 bits per heavy atom. The third-order valence-corrected chi connectivity index (χ3v) is 4.61. The van der Waals surface area contributed by atoms with Crippen molar-refractivity contribution in [2.75, 3.05) is 0 Å². The minimum atomic E-state index is -0.592. The van der Waals surface area contributed by atoms with Gasteiger partial charge in [-0.2, -0.15) is 0 Å². The smallest absolute Gasteiger partial charge is 0.136 e. The van der Waals surface area contributed by atoms with Crippen LogP contribution >= 0.6 is 27.3 Å². The Bertz CT molecular complexity index is 776.